The molecule has 1 aromatic carbocycles. The number of imide groups is 1. The van der Waals surface area contributed by atoms with Gasteiger partial charge in [-0.25, -0.2) is 9.69 Å². The van der Waals surface area contributed by atoms with Crippen molar-refractivity contribution in [2.45, 2.75) is 44.8 Å². The van der Waals surface area contributed by atoms with Gasteiger partial charge in [-0.3, -0.25) is 4.79 Å². The fourth-order valence-corrected chi connectivity index (χ4v) is 3.24. The lowest BCUT2D eigenvalue weighted by atomic mass is 9.89. The second-order valence-corrected chi connectivity index (χ2v) is 7.42. The van der Waals surface area contributed by atoms with Crippen LogP contribution < -0.4 is 0 Å². The highest BCUT2D eigenvalue weighted by molar-refractivity contribution is 9.10. The van der Waals surface area contributed by atoms with Gasteiger partial charge in [0.05, 0.1) is 6.04 Å². The summed E-state index contributed by atoms with van der Waals surface area (Å²) in [6, 6.07) is 6.91. The predicted octanol–water partition coefficient (Wildman–Crippen LogP) is 3.82. The van der Waals surface area contributed by atoms with Crippen molar-refractivity contribution in [3.63, 3.8) is 0 Å². The Hall–Kier alpha value is -1.95. The summed E-state index contributed by atoms with van der Waals surface area (Å²) in [7, 11) is 0. The first-order chi connectivity index (χ1) is 11.2. The van der Waals surface area contributed by atoms with Crippen LogP contribution >= 0.6 is 15.9 Å². The number of benzene rings is 1. The topological polar surface area (TPSA) is 63.7 Å². The standard InChI is InChI=1S/C18H20BrNO4/c1-18(2,3)24-17(23)20-15(8-9-16(20)22)13(10-11-21)12-6-4-5-7-14(12)19/h4-9,11,13,15H,10H2,1-3H3/t13-,15+/m0/s1. The van der Waals surface area contributed by atoms with E-state index in [2.05, 4.69) is 15.9 Å². The molecule has 1 heterocycles. The van der Waals surface area contributed by atoms with Crippen LogP contribution in [0.1, 0.15) is 38.7 Å². The quantitative estimate of drug-likeness (QED) is 0.729. The van der Waals surface area contributed by atoms with Crippen molar-refractivity contribution in [3.8, 4) is 0 Å². The molecule has 1 aliphatic rings. The second kappa shape index (κ2) is 7.30. The molecule has 0 saturated heterocycles. The molecule has 0 N–H and O–H groups in total. The average molecular weight is 394 g/mol. The molecule has 2 amide bonds. The summed E-state index contributed by atoms with van der Waals surface area (Å²) in [6.07, 6.45) is 3.28. The van der Waals surface area contributed by atoms with E-state index < -0.39 is 23.6 Å². The van der Waals surface area contributed by atoms with Crippen LogP contribution in [0.4, 0.5) is 4.79 Å². The van der Waals surface area contributed by atoms with E-state index in [0.717, 1.165) is 21.2 Å². The third kappa shape index (κ3) is 4.12. The average Bonchev–Trinajstić information content (AvgIpc) is 2.85. The minimum absolute atomic E-state index is 0.185. The number of hydrogen-bond acceptors (Lipinski definition) is 4. The van der Waals surface area contributed by atoms with E-state index in [1.807, 2.05) is 24.3 Å². The fraction of sp³-hybridized carbons (Fsp3) is 0.389. The summed E-state index contributed by atoms with van der Waals surface area (Å²) in [5.41, 5.74) is 0.153. The van der Waals surface area contributed by atoms with Crippen LogP contribution in [-0.4, -0.2) is 34.8 Å². The zero-order valence-corrected chi connectivity index (χ0v) is 15.4. The smallest absolute Gasteiger partial charge is 0.417 e. The molecule has 1 aromatic rings. The van der Waals surface area contributed by atoms with Crippen molar-refractivity contribution < 1.29 is 19.1 Å². The molecule has 2 atom stereocenters. The summed E-state index contributed by atoms with van der Waals surface area (Å²) in [5, 5.41) is 0. The zero-order chi connectivity index (χ0) is 17.9. The van der Waals surface area contributed by atoms with Gasteiger partial charge in [0.25, 0.3) is 5.91 Å². The molecule has 0 fully saturated rings. The molecular formula is C18H20BrNO4. The van der Waals surface area contributed by atoms with E-state index >= 15 is 0 Å². The van der Waals surface area contributed by atoms with Gasteiger partial charge in [-0.1, -0.05) is 40.2 Å². The molecule has 6 heteroatoms. The Bertz CT molecular complexity index is 678. The van der Waals surface area contributed by atoms with Crippen molar-refractivity contribution in [1.29, 1.82) is 0 Å². The Morgan fingerprint density at radius 3 is 2.62 bits per heavy atom. The summed E-state index contributed by atoms with van der Waals surface area (Å²) in [6.45, 7) is 5.22. The highest BCUT2D eigenvalue weighted by Crippen LogP contribution is 2.35. The predicted molar refractivity (Wildman–Crippen MR) is 93.6 cm³/mol. The van der Waals surface area contributed by atoms with E-state index in [1.165, 1.54) is 6.08 Å². The van der Waals surface area contributed by atoms with Gasteiger partial charge in [0.15, 0.2) is 0 Å². The van der Waals surface area contributed by atoms with Gasteiger partial charge < -0.3 is 9.53 Å². The van der Waals surface area contributed by atoms with E-state index in [4.69, 9.17) is 4.74 Å². The molecule has 0 aromatic heterocycles. The molecule has 2 rings (SSSR count). The number of halogens is 1. The Labute approximate surface area is 149 Å². The van der Waals surface area contributed by atoms with Crippen molar-refractivity contribution in [1.82, 2.24) is 4.90 Å². The molecular weight excluding hydrogens is 374 g/mol. The van der Waals surface area contributed by atoms with Crippen LogP contribution in [0.25, 0.3) is 0 Å². The molecule has 0 radical (unpaired) electrons. The maximum absolute atomic E-state index is 12.4. The van der Waals surface area contributed by atoms with Crippen LogP contribution in [0.15, 0.2) is 40.9 Å². The second-order valence-electron chi connectivity index (χ2n) is 6.57. The lowest BCUT2D eigenvalue weighted by Crippen LogP contribution is -2.45. The number of aldehydes is 1. The molecule has 1 aliphatic heterocycles. The number of amides is 2. The van der Waals surface area contributed by atoms with Gasteiger partial charge in [-0.05, 0) is 32.4 Å². The lowest BCUT2D eigenvalue weighted by Gasteiger charge is -2.31. The summed E-state index contributed by atoms with van der Waals surface area (Å²) >= 11 is 3.48. The summed E-state index contributed by atoms with van der Waals surface area (Å²) in [4.78, 5) is 36.9. The molecule has 0 saturated carbocycles. The van der Waals surface area contributed by atoms with E-state index in [1.54, 1.807) is 26.8 Å². The van der Waals surface area contributed by atoms with Gasteiger partial charge in [0.1, 0.15) is 11.9 Å². The van der Waals surface area contributed by atoms with Crippen LogP contribution in [0.3, 0.4) is 0 Å². The molecule has 0 spiro atoms. The fourth-order valence-electron chi connectivity index (χ4n) is 2.66. The van der Waals surface area contributed by atoms with Crippen molar-refractivity contribution >= 4 is 34.2 Å². The minimum Gasteiger partial charge on any atom is -0.443 e. The highest BCUT2D eigenvalue weighted by atomic mass is 79.9. The Morgan fingerprint density at radius 2 is 2.04 bits per heavy atom. The van der Waals surface area contributed by atoms with Crippen molar-refractivity contribution in [2.75, 3.05) is 0 Å². The van der Waals surface area contributed by atoms with Crippen molar-refractivity contribution in [2.24, 2.45) is 0 Å². The minimum atomic E-state index is -0.710. The number of carbonyl (C=O) groups is 3. The first-order valence-electron chi connectivity index (χ1n) is 7.67. The number of ether oxygens (including phenoxy) is 1. The van der Waals surface area contributed by atoms with Gasteiger partial charge in [0, 0.05) is 22.9 Å². The summed E-state index contributed by atoms with van der Waals surface area (Å²) < 4.78 is 6.17. The van der Waals surface area contributed by atoms with Crippen LogP contribution in [-0.2, 0) is 14.3 Å². The number of carbonyl (C=O) groups excluding carboxylic acids is 3. The number of nitrogens with zero attached hydrogens (tertiary/aromatic N) is 1. The number of hydrogen-bond donors (Lipinski definition) is 0. The molecule has 24 heavy (non-hydrogen) atoms. The van der Waals surface area contributed by atoms with Gasteiger partial charge in [0.2, 0.25) is 0 Å². The van der Waals surface area contributed by atoms with Gasteiger partial charge >= 0.3 is 6.09 Å². The van der Waals surface area contributed by atoms with E-state index in [0.29, 0.717) is 0 Å². The Balaban J connectivity index is 2.36. The molecule has 5 nitrogen and oxygen atoms in total. The lowest BCUT2D eigenvalue weighted by molar-refractivity contribution is -0.126. The monoisotopic (exact) mass is 393 g/mol. The first kappa shape index (κ1) is 18.4. The first-order valence-corrected chi connectivity index (χ1v) is 8.46. The normalized spacial score (nSPS) is 18.6. The van der Waals surface area contributed by atoms with Crippen LogP contribution in [0.2, 0.25) is 0 Å². The Morgan fingerprint density at radius 1 is 1.38 bits per heavy atom. The van der Waals surface area contributed by atoms with Crippen LogP contribution in [0.5, 0.6) is 0 Å². The zero-order valence-electron chi connectivity index (χ0n) is 13.9. The maximum Gasteiger partial charge on any atom is 0.417 e. The number of rotatable bonds is 4. The Kier molecular flexibility index (Phi) is 5.59. The highest BCUT2D eigenvalue weighted by Gasteiger charge is 2.40. The largest absolute Gasteiger partial charge is 0.443 e. The molecule has 0 unspecified atom stereocenters. The molecule has 0 bridgehead atoms. The van der Waals surface area contributed by atoms with E-state index in [9.17, 15) is 14.4 Å². The van der Waals surface area contributed by atoms with Crippen molar-refractivity contribution in [3.05, 3.63) is 46.5 Å². The third-order valence-electron chi connectivity index (χ3n) is 3.63. The van der Waals surface area contributed by atoms with Gasteiger partial charge in [-0.15, -0.1) is 0 Å². The SMILES string of the molecule is CC(C)(C)OC(=O)N1C(=O)C=C[C@@H]1[C@@H](CC=O)c1ccccc1Br. The third-order valence-corrected chi connectivity index (χ3v) is 4.35. The maximum atomic E-state index is 12.4. The molecule has 128 valence electrons. The molecule has 0 aliphatic carbocycles. The van der Waals surface area contributed by atoms with Gasteiger partial charge in [-0.2, -0.15) is 0 Å². The van der Waals surface area contributed by atoms with Crippen LogP contribution in [0, 0.1) is 0 Å². The van der Waals surface area contributed by atoms with E-state index in [-0.39, 0.29) is 12.3 Å². The summed E-state index contributed by atoms with van der Waals surface area (Å²) in [5.74, 6) is -0.773.